The van der Waals surface area contributed by atoms with Gasteiger partial charge in [-0.3, -0.25) is 4.90 Å². The van der Waals surface area contributed by atoms with Gasteiger partial charge >= 0.3 is 0 Å². The molecule has 3 fully saturated rings. The van der Waals surface area contributed by atoms with E-state index in [-0.39, 0.29) is 0 Å². The first-order valence-corrected chi connectivity index (χ1v) is 8.28. The largest absolute Gasteiger partial charge is 0.375 e. The van der Waals surface area contributed by atoms with Crippen LogP contribution in [0.3, 0.4) is 0 Å². The zero-order chi connectivity index (χ0) is 13.3. The van der Waals surface area contributed by atoms with Crippen LogP contribution < -0.4 is 5.73 Å². The van der Waals surface area contributed by atoms with Gasteiger partial charge in [0.2, 0.25) is 0 Å². The number of hydrogen-bond donors (Lipinski definition) is 1. The lowest BCUT2D eigenvalue weighted by molar-refractivity contribution is -0.0732. The van der Waals surface area contributed by atoms with Gasteiger partial charge in [-0.25, -0.2) is 0 Å². The van der Waals surface area contributed by atoms with E-state index in [0.717, 1.165) is 25.6 Å². The maximum atomic E-state index is 6.20. The van der Waals surface area contributed by atoms with Gasteiger partial charge in [0.05, 0.1) is 12.7 Å². The third kappa shape index (κ3) is 2.84. The van der Waals surface area contributed by atoms with Gasteiger partial charge in [-0.05, 0) is 50.0 Å². The predicted octanol–water partition coefficient (Wildman–Crippen LogP) is 2.39. The van der Waals surface area contributed by atoms with Crippen LogP contribution in [0.4, 0.5) is 0 Å². The lowest BCUT2D eigenvalue weighted by Gasteiger charge is -2.46. The molecule has 19 heavy (non-hydrogen) atoms. The second-order valence-electron chi connectivity index (χ2n) is 7.28. The van der Waals surface area contributed by atoms with Crippen LogP contribution in [0.1, 0.15) is 51.9 Å². The third-order valence-corrected chi connectivity index (χ3v) is 5.75. The molecule has 1 heterocycles. The van der Waals surface area contributed by atoms with Crippen LogP contribution in [-0.2, 0) is 4.74 Å². The summed E-state index contributed by atoms with van der Waals surface area (Å²) in [7, 11) is 0. The Labute approximate surface area is 117 Å². The van der Waals surface area contributed by atoms with Crippen LogP contribution in [-0.4, -0.2) is 43.3 Å². The first-order valence-electron chi connectivity index (χ1n) is 8.28. The van der Waals surface area contributed by atoms with Crippen molar-refractivity contribution in [2.75, 3.05) is 26.2 Å². The summed E-state index contributed by atoms with van der Waals surface area (Å²) in [5.41, 5.74) is 6.59. The number of ether oxygens (including phenoxy) is 1. The smallest absolute Gasteiger partial charge is 0.0730 e. The van der Waals surface area contributed by atoms with Gasteiger partial charge in [0, 0.05) is 19.1 Å². The molecule has 4 atom stereocenters. The van der Waals surface area contributed by atoms with E-state index < -0.39 is 0 Å². The average Bonchev–Trinajstić information content (AvgIpc) is 2.88. The lowest BCUT2D eigenvalue weighted by Crippen LogP contribution is -2.54. The van der Waals surface area contributed by atoms with Crippen molar-refractivity contribution >= 4 is 0 Å². The highest BCUT2D eigenvalue weighted by molar-refractivity contribution is 4.95. The van der Waals surface area contributed by atoms with Crippen molar-refractivity contribution in [3.63, 3.8) is 0 Å². The molecule has 110 valence electrons. The van der Waals surface area contributed by atoms with Crippen molar-refractivity contribution in [3.05, 3.63) is 0 Å². The quantitative estimate of drug-likeness (QED) is 0.852. The van der Waals surface area contributed by atoms with E-state index in [0.29, 0.717) is 17.6 Å². The molecule has 3 aliphatic rings. The summed E-state index contributed by atoms with van der Waals surface area (Å²) in [6.45, 7) is 6.54. The molecule has 1 aliphatic heterocycles. The molecule has 0 aromatic carbocycles. The summed E-state index contributed by atoms with van der Waals surface area (Å²) in [6.07, 6.45) is 9.91. The zero-order valence-corrected chi connectivity index (χ0v) is 12.4. The van der Waals surface area contributed by atoms with Crippen LogP contribution in [0.15, 0.2) is 0 Å². The summed E-state index contributed by atoms with van der Waals surface area (Å²) >= 11 is 0. The van der Waals surface area contributed by atoms with E-state index in [4.69, 9.17) is 10.5 Å². The summed E-state index contributed by atoms with van der Waals surface area (Å²) in [6, 6.07) is 0.689. The molecule has 3 nitrogen and oxygen atoms in total. The molecule has 1 saturated heterocycles. The van der Waals surface area contributed by atoms with Gasteiger partial charge in [-0.1, -0.05) is 19.8 Å². The first-order chi connectivity index (χ1) is 9.22. The monoisotopic (exact) mass is 266 g/mol. The molecule has 3 heteroatoms. The van der Waals surface area contributed by atoms with Crippen LogP contribution in [0.2, 0.25) is 0 Å². The molecule has 0 aromatic heterocycles. The maximum Gasteiger partial charge on any atom is 0.0730 e. The van der Waals surface area contributed by atoms with Gasteiger partial charge in [0.25, 0.3) is 0 Å². The zero-order valence-electron chi connectivity index (χ0n) is 12.4. The fourth-order valence-corrected chi connectivity index (χ4v) is 4.80. The highest BCUT2D eigenvalue weighted by Crippen LogP contribution is 2.41. The summed E-state index contributed by atoms with van der Waals surface area (Å²) < 4.78 is 5.94. The Hall–Kier alpha value is -0.120. The average molecular weight is 266 g/mol. The molecule has 0 amide bonds. The lowest BCUT2D eigenvalue weighted by atomic mass is 9.69. The minimum atomic E-state index is 0.391. The molecule has 2 N–H and O–H groups in total. The van der Waals surface area contributed by atoms with Gasteiger partial charge in [-0.2, -0.15) is 0 Å². The molecule has 4 unspecified atom stereocenters. The van der Waals surface area contributed by atoms with Crippen molar-refractivity contribution in [2.45, 2.75) is 64.0 Å². The minimum Gasteiger partial charge on any atom is -0.375 e. The van der Waals surface area contributed by atoms with Crippen LogP contribution in [0.25, 0.3) is 0 Å². The van der Waals surface area contributed by atoms with Crippen molar-refractivity contribution in [1.29, 1.82) is 0 Å². The summed E-state index contributed by atoms with van der Waals surface area (Å²) in [5, 5.41) is 0. The standard InChI is InChI=1S/C16H30N2O/c1-13-4-3-7-16(10-13,11-17)12-18-8-9-19-15-6-2-5-14(15)18/h13-15H,2-12,17H2,1H3. The van der Waals surface area contributed by atoms with Crippen molar-refractivity contribution < 1.29 is 4.74 Å². The third-order valence-electron chi connectivity index (χ3n) is 5.75. The van der Waals surface area contributed by atoms with Crippen LogP contribution >= 0.6 is 0 Å². The Morgan fingerprint density at radius 2 is 2.16 bits per heavy atom. The first kappa shape index (κ1) is 13.8. The van der Waals surface area contributed by atoms with E-state index in [1.807, 2.05) is 0 Å². The molecule has 2 saturated carbocycles. The molecule has 0 spiro atoms. The molecule has 2 aliphatic carbocycles. The number of rotatable bonds is 3. The molecular formula is C16H30N2O. The fourth-order valence-electron chi connectivity index (χ4n) is 4.80. The second-order valence-corrected chi connectivity index (χ2v) is 7.28. The van der Waals surface area contributed by atoms with Gasteiger partial charge < -0.3 is 10.5 Å². The molecule has 3 rings (SSSR count). The number of nitrogens with two attached hydrogens (primary N) is 1. The normalized spacial score (nSPS) is 44.2. The number of hydrogen-bond acceptors (Lipinski definition) is 3. The summed E-state index contributed by atoms with van der Waals surface area (Å²) in [5.74, 6) is 0.859. The highest BCUT2D eigenvalue weighted by Gasteiger charge is 2.41. The fraction of sp³-hybridized carbons (Fsp3) is 1.00. The van der Waals surface area contributed by atoms with E-state index in [2.05, 4.69) is 11.8 Å². The van der Waals surface area contributed by atoms with Crippen molar-refractivity contribution in [3.8, 4) is 0 Å². The number of nitrogens with zero attached hydrogens (tertiary/aromatic N) is 1. The minimum absolute atomic E-state index is 0.391. The van der Waals surface area contributed by atoms with E-state index in [1.54, 1.807) is 0 Å². The molecule has 0 bridgehead atoms. The Kier molecular flexibility index (Phi) is 4.16. The maximum absolute atomic E-state index is 6.20. The van der Waals surface area contributed by atoms with E-state index >= 15 is 0 Å². The van der Waals surface area contributed by atoms with Crippen molar-refractivity contribution in [1.82, 2.24) is 4.90 Å². The summed E-state index contributed by atoms with van der Waals surface area (Å²) in [4.78, 5) is 2.73. The number of morpholine rings is 1. The SMILES string of the molecule is CC1CCCC(CN)(CN2CCOC3CCCC32)C1. The van der Waals surface area contributed by atoms with Gasteiger partial charge in [-0.15, -0.1) is 0 Å². The predicted molar refractivity (Wildman–Crippen MR) is 78.1 cm³/mol. The van der Waals surface area contributed by atoms with E-state index in [1.165, 1.54) is 51.5 Å². The number of fused-ring (bicyclic) bond motifs is 1. The van der Waals surface area contributed by atoms with E-state index in [9.17, 15) is 0 Å². The van der Waals surface area contributed by atoms with Gasteiger partial charge in [0.15, 0.2) is 0 Å². The van der Waals surface area contributed by atoms with Crippen LogP contribution in [0.5, 0.6) is 0 Å². The highest BCUT2D eigenvalue weighted by atomic mass is 16.5. The van der Waals surface area contributed by atoms with Gasteiger partial charge in [0.1, 0.15) is 0 Å². The van der Waals surface area contributed by atoms with Crippen LogP contribution in [0, 0.1) is 11.3 Å². The van der Waals surface area contributed by atoms with Crippen molar-refractivity contribution in [2.24, 2.45) is 17.1 Å². The molecular weight excluding hydrogens is 236 g/mol. The topological polar surface area (TPSA) is 38.5 Å². The molecule has 0 aromatic rings. The Morgan fingerprint density at radius 1 is 1.26 bits per heavy atom. The Bertz CT molecular complexity index is 309. The molecule has 0 radical (unpaired) electrons. The Morgan fingerprint density at radius 3 is 2.95 bits per heavy atom. The second kappa shape index (κ2) is 5.71. The Balaban J connectivity index is 1.67.